The predicted molar refractivity (Wildman–Crippen MR) is 49.0 cm³/mol. The molecule has 54 valence electrons. The molecule has 0 bridgehead atoms. The molecule has 1 aromatic rings. The average molecular weight is 171 g/mol. The van der Waals surface area contributed by atoms with Gasteiger partial charge in [0, 0.05) is 18.1 Å². The number of rotatable bonds is 3. The van der Waals surface area contributed by atoms with Crippen LogP contribution in [-0.4, -0.2) is 11.2 Å². The Morgan fingerprint density at radius 1 is 1.40 bits per heavy atom. The van der Waals surface area contributed by atoms with E-state index in [1.54, 1.807) is 10.8 Å². The van der Waals surface area contributed by atoms with Crippen molar-refractivity contribution >= 4 is 21.6 Å². The van der Waals surface area contributed by atoms with Crippen LogP contribution in [0.5, 0.6) is 0 Å². The Balaban J connectivity index is 2.43. The molecule has 0 aromatic carbocycles. The van der Waals surface area contributed by atoms with Gasteiger partial charge in [0.2, 0.25) is 0 Å². The number of hydrogen-bond donors (Lipinski definition) is 0. The molecule has 0 aliphatic carbocycles. The van der Waals surface area contributed by atoms with Gasteiger partial charge in [-0.1, -0.05) is 21.6 Å². The number of aromatic nitrogens is 1. The molecule has 0 amide bonds. The molecule has 1 nitrogen and oxygen atoms in total. The Hall–Kier alpha value is -0.150. The third kappa shape index (κ3) is 2.62. The van der Waals surface area contributed by atoms with Crippen LogP contribution in [0.25, 0.3) is 0 Å². The zero-order valence-electron chi connectivity index (χ0n) is 5.78. The molecule has 0 aliphatic heterocycles. The van der Waals surface area contributed by atoms with Gasteiger partial charge >= 0.3 is 0 Å². The van der Waals surface area contributed by atoms with Gasteiger partial charge in [-0.3, -0.25) is 4.98 Å². The van der Waals surface area contributed by atoms with E-state index in [-0.39, 0.29) is 0 Å². The number of nitrogens with zero attached hydrogens (tertiary/aromatic N) is 1. The Kier molecular flexibility index (Phi) is 3.68. The fourth-order valence-corrected chi connectivity index (χ4v) is 1.81. The van der Waals surface area contributed by atoms with Gasteiger partial charge in [0.25, 0.3) is 0 Å². The highest BCUT2D eigenvalue weighted by Crippen LogP contribution is 2.21. The Bertz CT molecular complexity index is 176. The molecule has 0 spiro atoms. The van der Waals surface area contributed by atoms with Crippen molar-refractivity contribution in [1.29, 1.82) is 0 Å². The Morgan fingerprint density at radius 3 is 2.70 bits per heavy atom. The van der Waals surface area contributed by atoms with Crippen molar-refractivity contribution in [3.05, 3.63) is 30.1 Å². The van der Waals surface area contributed by atoms with E-state index in [0.717, 1.165) is 5.75 Å². The molecule has 0 aliphatic rings. The van der Waals surface area contributed by atoms with Crippen molar-refractivity contribution in [1.82, 2.24) is 4.98 Å². The normalized spacial score (nSPS) is 9.70. The second-order valence-corrected chi connectivity index (χ2v) is 4.35. The summed E-state index contributed by atoms with van der Waals surface area (Å²) in [6.45, 7) is 0. The zero-order valence-corrected chi connectivity index (χ0v) is 7.41. The maximum atomic E-state index is 3.94. The van der Waals surface area contributed by atoms with Crippen molar-refractivity contribution in [2.24, 2.45) is 0 Å². The molecule has 10 heavy (non-hydrogen) atoms. The van der Waals surface area contributed by atoms with Gasteiger partial charge in [-0.05, 0) is 24.0 Å². The fourth-order valence-electron chi connectivity index (χ4n) is 0.606. The minimum absolute atomic E-state index is 1.07. The van der Waals surface area contributed by atoms with Crippen LogP contribution in [0, 0.1) is 0 Å². The molecule has 0 unspecified atom stereocenters. The van der Waals surface area contributed by atoms with Crippen molar-refractivity contribution in [2.45, 2.75) is 5.75 Å². The second kappa shape index (κ2) is 4.63. The summed E-state index contributed by atoms with van der Waals surface area (Å²) < 4.78 is 0. The van der Waals surface area contributed by atoms with Gasteiger partial charge in [-0.25, -0.2) is 0 Å². The van der Waals surface area contributed by atoms with Crippen molar-refractivity contribution in [3.8, 4) is 0 Å². The Labute approximate surface area is 69.0 Å². The first-order valence-electron chi connectivity index (χ1n) is 2.98. The summed E-state index contributed by atoms with van der Waals surface area (Å²) in [5.41, 5.74) is 1.34. The Morgan fingerprint density at radius 2 is 2.10 bits per heavy atom. The second-order valence-electron chi connectivity index (χ2n) is 1.78. The standard InChI is InChI=1S/C7H9NS2/c1-9-10-6-7-2-4-8-5-3-7/h2-5H,6H2,1H3. The largest absolute Gasteiger partial charge is 0.265 e. The van der Waals surface area contributed by atoms with E-state index < -0.39 is 0 Å². The third-order valence-electron chi connectivity index (χ3n) is 1.09. The monoisotopic (exact) mass is 171 g/mol. The van der Waals surface area contributed by atoms with Crippen molar-refractivity contribution in [2.75, 3.05) is 6.26 Å². The predicted octanol–water partition coefficient (Wildman–Crippen LogP) is 2.59. The van der Waals surface area contributed by atoms with Crippen LogP contribution in [-0.2, 0) is 5.75 Å². The van der Waals surface area contributed by atoms with Crippen LogP contribution in [0.2, 0.25) is 0 Å². The maximum absolute atomic E-state index is 3.94. The summed E-state index contributed by atoms with van der Waals surface area (Å²) in [5, 5.41) is 0. The quantitative estimate of drug-likeness (QED) is 0.649. The lowest BCUT2D eigenvalue weighted by atomic mass is 10.3. The van der Waals surface area contributed by atoms with Crippen molar-refractivity contribution < 1.29 is 0 Å². The van der Waals surface area contributed by atoms with Gasteiger partial charge in [0.15, 0.2) is 0 Å². The van der Waals surface area contributed by atoms with Gasteiger partial charge in [0.1, 0.15) is 0 Å². The molecule has 0 fully saturated rings. The topological polar surface area (TPSA) is 12.9 Å². The van der Waals surface area contributed by atoms with Crippen LogP contribution in [0.1, 0.15) is 5.56 Å². The summed E-state index contributed by atoms with van der Waals surface area (Å²) in [6, 6.07) is 4.09. The number of pyridine rings is 1. The van der Waals surface area contributed by atoms with E-state index in [2.05, 4.69) is 11.2 Å². The first-order valence-corrected chi connectivity index (χ1v) is 5.70. The average Bonchev–Trinajstić information content (AvgIpc) is 2.03. The third-order valence-corrected chi connectivity index (χ3v) is 2.84. The van der Waals surface area contributed by atoms with E-state index in [1.807, 2.05) is 35.3 Å². The molecule has 0 saturated carbocycles. The maximum Gasteiger partial charge on any atom is 0.0289 e. The van der Waals surface area contributed by atoms with E-state index in [4.69, 9.17) is 0 Å². The highest BCUT2D eigenvalue weighted by Gasteiger charge is 1.88. The van der Waals surface area contributed by atoms with E-state index >= 15 is 0 Å². The zero-order chi connectivity index (χ0) is 7.23. The summed E-state index contributed by atoms with van der Waals surface area (Å²) in [6.07, 6.45) is 5.75. The van der Waals surface area contributed by atoms with E-state index in [1.165, 1.54) is 5.56 Å². The van der Waals surface area contributed by atoms with Crippen LogP contribution >= 0.6 is 21.6 Å². The molecule has 1 rings (SSSR count). The molecule has 3 heteroatoms. The van der Waals surface area contributed by atoms with E-state index in [9.17, 15) is 0 Å². The first-order chi connectivity index (χ1) is 4.93. The molecule has 0 N–H and O–H groups in total. The molecule has 0 radical (unpaired) electrons. The minimum atomic E-state index is 1.07. The molecule has 0 atom stereocenters. The minimum Gasteiger partial charge on any atom is -0.265 e. The molecular formula is C7H9NS2. The van der Waals surface area contributed by atoms with E-state index in [0.29, 0.717) is 0 Å². The smallest absolute Gasteiger partial charge is 0.0289 e. The summed E-state index contributed by atoms with van der Waals surface area (Å²) in [5.74, 6) is 1.07. The molecular weight excluding hydrogens is 162 g/mol. The highest BCUT2D eigenvalue weighted by atomic mass is 33.1. The summed E-state index contributed by atoms with van der Waals surface area (Å²) in [7, 11) is 3.64. The summed E-state index contributed by atoms with van der Waals surface area (Å²) >= 11 is 0. The van der Waals surface area contributed by atoms with Crippen molar-refractivity contribution in [3.63, 3.8) is 0 Å². The highest BCUT2D eigenvalue weighted by molar-refractivity contribution is 8.76. The van der Waals surface area contributed by atoms with Crippen LogP contribution in [0.3, 0.4) is 0 Å². The van der Waals surface area contributed by atoms with Gasteiger partial charge in [-0.15, -0.1) is 0 Å². The van der Waals surface area contributed by atoms with Crippen LogP contribution < -0.4 is 0 Å². The number of hydrogen-bond acceptors (Lipinski definition) is 3. The first kappa shape index (κ1) is 7.95. The lowest BCUT2D eigenvalue weighted by molar-refractivity contribution is 1.27. The molecule has 1 aromatic heterocycles. The van der Waals surface area contributed by atoms with Gasteiger partial charge < -0.3 is 0 Å². The van der Waals surface area contributed by atoms with Gasteiger partial charge in [0.05, 0.1) is 0 Å². The van der Waals surface area contributed by atoms with Crippen LogP contribution in [0.15, 0.2) is 24.5 Å². The lowest BCUT2D eigenvalue weighted by Gasteiger charge is -1.95. The lowest BCUT2D eigenvalue weighted by Crippen LogP contribution is -1.77. The molecule has 0 saturated heterocycles. The molecule has 1 heterocycles. The SMILES string of the molecule is CSSCc1ccncc1. The van der Waals surface area contributed by atoms with Gasteiger partial charge in [-0.2, -0.15) is 0 Å². The summed E-state index contributed by atoms with van der Waals surface area (Å²) in [4.78, 5) is 3.94. The fraction of sp³-hybridized carbons (Fsp3) is 0.286. The van der Waals surface area contributed by atoms with Crippen LogP contribution in [0.4, 0.5) is 0 Å².